The van der Waals surface area contributed by atoms with Crippen molar-refractivity contribution in [3.05, 3.63) is 5.82 Å². The molecule has 0 radical (unpaired) electrons. The molecule has 1 aromatic heterocycles. The summed E-state index contributed by atoms with van der Waals surface area (Å²) < 4.78 is 0. The number of aliphatic hydroxyl groups is 1. The quantitative estimate of drug-likeness (QED) is 0.580. The summed E-state index contributed by atoms with van der Waals surface area (Å²) in [7, 11) is 0. The third-order valence-electron chi connectivity index (χ3n) is 2.62. The minimum Gasteiger partial charge on any atom is -0.386 e. The van der Waals surface area contributed by atoms with Gasteiger partial charge in [0.1, 0.15) is 0 Å². The van der Waals surface area contributed by atoms with Gasteiger partial charge in [0.05, 0.1) is 18.7 Å². The molecule has 0 atom stereocenters. The van der Waals surface area contributed by atoms with E-state index in [2.05, 4.69) is 15.2 Å². The van der Waals surface area contributed by atoms with Gasteiger partial charge in [-0.1, -0.05) is 6.92 Å². The van der Waals surface area contributed by atoms with Gasteiger partial charge in [-0.05, 0) is 6.42 Å². The number of nitrogens with zero attached hydrogens (tertiary/aromatic N) is 3. The van der Waals surface area contributed by atoms with Gasteiger partial charge < -0.3 is 15.7 Å². The summed E-state index contributed by atoms with van der Waals surface area (Å²) in [5.74, 6) is -0.118. The van der Waals surface area contributed by atoms with Crippen LogP contribution in [0.4, 0.5) is 5.95 Å². The normalized spacial score (nSPS) is 18.7. The molecule has 0 saturated carbocycles. The largest absolute Gasteiger partial charge is 0.386 e. The Balaban J connectivity index is 2.00. The Morgan fingerprint density at radius 3 is 2.87 bits per heavy atom. The van der Waals surface area contributed by atoms with E-state index in [1.165, 1.54) is 4.90 Å². The Bertz CT molecular complexity index is 382. The fourth-order valence-corrected chi connectivity index (χ4v) is 1.55. The molecule has 4 N–H and O–H groups in total. The van der Waals surface area contributed by atoms with Gasteiger partial charge in [0.2, 0.25) is 11.8 Å². The van der Waals surface area contributed by atoms with Gasteiger partial charge >= 0.3 is 0 Å². The molecule has 1 aliphatic rings. The molecule has 82 valence electrons. The first-order valence-corrected chi connectivity index (χ1v) is 4.73. The number of rotatable bonds is 2. The third kappa shape index (κ3) is 1.65. The number of aromatic nitrogens is 3. The van der Waals surface area contributed by atoms with E-state index in [1.54, 1.807) is 0 Å². The second kappa shape index (κ2) is 3.20. The lowest BCUT2D eigenvalue weighted by Gasteiger charge is -2.45. The Hall–Kier alpha value is -1.63. The standard InChI is InChI=1S/C8H13N5O2/c1-2-8(15)3-13(4-8)6(14)5-10-7(9)12-11-5/h15H,2-4H2,1H3,(H3,9,10,11,12). The lowest BCUT2D eigenvalue weighted by atomic mass is 9.91. The van der Waals surface area contributed by atoms with Gasteiger partial charge in [0.15, 0.2) is 0 Å². The van der Waals surface area contributed by atoms with E-state index in [4.69, 9.17) is 5.73 Å². The number of likely N-dealkylation sites (tertiary alicyclic amines) is 1. The molecule has 15 heavy (non-hydrogen) atoms. The first-order valence-electron chi connectivity index (χ1n) is 4.73. The average molecular weight is 211 g/mol. The summed E-state index contributed by atoms with van der Waals surface area (Å²) in [5.41, 5.74) is 4.55. The van der Waals surface area contributed by atoms with Crippen LogP contribution >= 0.6 is 0 Å². The van der Waals surface area contributed by atoms with Crippen molar-refractivity contribution in [1.29, 1.82) is 0 Å². The van der Waals surface area contributed by atoms with Crippen molar-refractivity contribution in [3.63, 3.8) is 0 Å². The maximum Gasteiger partial charge on any atom is 0.291 e. The van der Waals surface area contributed by atoms with Crippen LogP contribution in [-0.4, -0.2) is 49.8 Å². The molecule has 2 rings (SSSR count). The summed E-state index contributed by atoms with van der Waals surface area (Å²) >= 11 is 0. The predicted molar refractivity (Wildman–Crippen MR) is 51.9 cm³/mol. The molecular weight excluding hydrogens is 198 g/mol. The van der Waals surface area contributed by atoms with Crippen LogP contribution in [0.1, 0.15) is 24.0 Å². The highest BCUT2D eigenvalue weighted by atomic mass is 16.3. The maximum absolute atomic E-state index is 11.7. The Morgan fingerprint density at radius 2 is 2.40 bits per heavy atom. The van der Waals surface area contributed by atoms with E-state index >= 15 is 0 Å². The molecular formula is C8H13N5O2. The summed E-state index contributed by atoms with van der Waals surface area (Å²) in [6, 6.07) is 0. The van der Waals surface area contributed by atoms with Crippen molar-refractivity contribution in [2.45, 2.75) is 18.9 Å². The van der Waals surface area contributed by atoms with Crippen molar-refractivity contribution in [2.24, 2.45) is 0 Å². The van der Waals surface area contributed by atoms with Crippen LogP contribution in [0, 0.1) is 0 Å². The van der Waals surface area contributed by atoms with Crippen molar-refractivity contribution in [3.8, 4) is 0 Å². The second-order valence-corrected chi connectivity index (χ2v) is 3.78. The topological polar surface area (TPSA) is 108 Å². The summed E-state index contributed by atoms with van der Waals surface area (Å²) in [6.45, 7) is 2.56. The maximum atomic E-state index is 11.7. The van der Waals surface area contributed by atoms with Gasteiger partial charge in [0, 0.05) is 0 Å². The van der Waals surface area contributed by atoms with Gasteiger partial charge in [-0.3, -0.25) is 9.89 Å². The molecule has 7 nitrogen and oxygen atoms in total. The number of nitrogen functional groups attached to an aromatic ring is 1. The van der Waals surface area contributed by atoms with Crippen LogP contribution in [0.2, 0.25) is 0 Å². The van der Waals surface area contributed by atoms with Crippen LogP contribution in [0.15, 0.2) is 0 Å². The number of H-pyrrole nitrogens is 1. The number of aromatic amines is 1. The van der Waals surface area contributed by atoms with Gasteiger partial charge in [-0.2, -0.15) is 4.98 Å². The van der Waals surface area contributed by atoms with Crippen LogP contribution < -0.4 is 5.73 Å². The lowest BCUT2D eigenvalue weighted by molar-refractivity contribution is -0.0829. The number of nitrogens with two attached hydrogens (primary N) is 1. The molecule has 0 unspecified atom stereocenters. The van der Waals surface area contributed by atoms with Crippen molar-refractivity contribution >= 4 is 11.9 Å². The zero-order chi connectivity index (χ0) is 11.1. The van der Waals surface area contributed by atoms with E-state index in [-0.39, 0.29) is 17.7 Å². The van der Waals surface area contributed by atoms with Gasteiger partial charge in [-0.15, -0.1) is 5.10 Å². The third-order valence-corrected chi connectivity index (χ3v) is 2.62. The Kier molecular flexibility index (Phi) is 2.11. The minimum atomic E-state index is -0.735. The SMILES string of the molecule is CCC1(O)CN(C(=O)c2nc(N)n[nH]2)C1. The Labute approximate surface area is 86.3 Å². The highest BCUT2D eigenvalue weighted by molar-refractivity contribution is 5.91. The molecule has 1 aliphatic heterocycles. The highest BCUT2D eigenvalue weighted by Crippen LogP contribution is 2.24. The van der Waals surface area contributed by atoms with E-state index in [9.17, 15) is 9.90 Å². The number of hydrogen-bond donors (Lipinski definition) is 3. The van der Waals surface area contributed by atoms with Crippen molar-refractivity contribution < 1.29 is 9.90 Å². The zero-order valence-electron chi connectivity index (χ0n) is 8.40. The fraction of sp³-hybridized carbons (Fsp3) is 0.625. The van der Waals surface area contributed by atoms with Crippen LogP contribution in [0.5, 0.6) is 0 Å². The lowest BCUT2D eigenvalue weighted by Crippen LogP contribution is -2.63. The first kappa shape index (κ1) is 9.91. The molecule has 0 aromatic carbocycles. The van der Waals surface area contributed by atoms with Crippen molar-refractivity contribution in [2.75, 3.05) is 18.8 Å². The monoisotopic (exact) mass is 211 g/mol. The van der Waals surface area contributed by atoms with Crippen LogP contribution in [-0.2, 0) is 0 Å². The molecule has 7 heteroatoms. The van der Waals surface area contributed by atoms with Crippen LogP contribution in [0.25, 0.3) is 0 Å². The molecule has 0 spiro atoms. The average Bonchev–Trinajstić information content (AvgIpc) is 2.59. The fourth-order valence-electron chi connectivity index (χ4n) is 1.55. The first-order chi connectivity index (χ1) is 7.04. The number of carbonyl (C=O) groups excluding carboxylic acids is 1. The molecule has 2 heterocycles. The van der Waals surface area contributed by atoms with E-state index < -0.39 is 5.60 Å². The van der Waals surface area contributed by atoms with E-state index in [0.29, 0.717) is 19.5 Å². The number of nitrogens with one attached hydrogen (secondary N) is 1. The molecule has 1 fully saturated rings. The summed E-state index contributed by atoms with van der Waals surface area (Å²) in [5, 5.41) is 15.7. The molecule has 0 bridgehead atoms. The highest BCUT2D eigenvalue weighted by Gasteiger charge is 2.42. The summed E-state index contributed by atoms with van der Waals surface area (Å²) in [4.78, 5) is 16.9. The van der Waals surface area contributed by atoms with Gasteiger partial charge in [-0.25, -0.2) is 0 Å². The molecule has 1 saturated heterocycles. The molecule has 0 aliphatic carbocycles. The van der Waals surface area contributed by atoms with Crippen LogP contribution in [0.3, 0.4) is 0 Å². The molecule has 1 aromatic rings. The Morgan fingerprint density at radius 1 is 1.73 bits per heavy atom. The zero-order valence-corrected chi connectivity index (χ0v) is 8.40. The van der Waals surface area contributed by atoms with E-state index in [1.807, 2.05) is 6.92 Å². The van der Waals surface area contributed by atoms with E-state index in [0.717, 1.165) is 0 Å². The smallest absolute Gasteiger partial charge is 0.291 e. The predicted octanol–water partition coefficient (Wildman–Crippen LogP) is -1.02. The number of carbonyl (C=O) groups is 1. The summed E-state index contributed by atoms with van der Waals surface area (Å²) in [6.07, 6.45) is 0.634. The number of hydrogen-bond acceptors (Lipinski definition) is 5. The second-order valence-electron chi connectivity index (χ2n) is 3.78. The number of anilines is 1. The van der Waals surface area contributed by atoms with Crippen molar-refractivity contribution in [1.82, 2.24) is 20.1 Å². The number of amides is 1. The minimum absolute atomic E-state index is 0.0460. The number of β-amino-alcohol motifs (C(OH)–C–C–N with tert-alkyl or cyclic N) is 1. The molecule has 1 amide bonds. The van der Waals surface area contributed by atoms with Gasteiger partial charge in [0.25, 0.3) is 5.91 Å².